The van der Waals surface area contributed by atoms with Crippen LogP contribution in [0.3, 0.4) is 0 Å². The van der Waals surface area contributed by atoms with E-state index in [9.17, 15) is 0 Å². The van der Waals surface area contributed by atoms with E-state index in [4.69, 9.17) is 14.7 Å². The van der Waals surface area contributed by atoms with Crippen LogP contribution in [0.1, 0.15) is 39.5 Å². The number of rotatable bonds is 2. The first-order valence-corrected chi connectivity index (χ1v) is 7.39. The smallest absolute Gasteiger partial charge is 0.213 e. The van der Waals surface area contributed by atoms with Crippen molar-refractivity contribution >= 4 is 0 Å². The Bertz CT molecular complexity index is 457. The van der Waals surface area contributed by atoms with Crippen molar-refractivity contribution in [2.45, 2.75) is 51.6 Å². The minimum absolute atomic E-state index is 0.151. The van der Waals surface area contributed by atoms with Crippen molar-refractivity contribution in [1.82, 2.24) is 0 Å². The van der Waals surface area contributed by atoms with Crippen molar-refractivity contribution in [3.05, 3.63) is 23.8 Å². The molecule has 0 aromatic heterocycles. The van der Waals surface area contributed by atoms with Gasteiger partial charge in [0, 0.05) is 13.0 Å². The third-order valence-corrected chi connectivity index (χ3v) is 5.67. The molecule has 0 spiro atoms. The summed E-state index contributed by atoms with van der Waals surface area (Å²) >= 11 is 0. The van der Waals surface area contributed by atoms with Crippen LogP contribution in [0, 0.1) is 17.3 Å². The molecule has 0 saturated heterocycles. The van der Waals surface area contributed by atoms with Crippen LogP contribution in [0.5, 0.6) is 0 Å². The number of allylic oxidation sites excluding steroid dienone is 1. The van der Waals surface area contributed by atoms with Crippen molar-refractivity contribution in [2.75, 3.05) is 7.11 Å². The fourth-order valence-electron chi connectivity index (χ4n) is 4.46. The number of methoxy groups -OCH3 is 1. The van der Waals surface area contributed by atoms with Crippen molar-refractivity contribution in [3.63, 3.8) is 0 Å². The molecular formula is C16H24O4. The lowest BCUT2D eigenvalue weighted by atomic mass is 9.62. The van der Waals surface area contributed by atoms with E-state index in [2.05, 4.69) is 25.3 Å². The molecule has 1 N–H and O–H groups in total. The molecular weight excluding hydrogens is 256 g/mol. The molecule has 3 aliphatic rings. The Morgan fingerprint density at radius 1 is 1.50 bits per heavy atom. The summed E-state index contributed by atoms with van der Waals surface area (Å²) in [6.45, 7) is 8.88. The highest BCUT2D eigenvalue weighted by Gasteiger charge is 2.56. The zero-order chi connectivity index (χ0) is 14.5. The van der Waals surface area contributed by atoms with E-state index < -0.39 is 12.1 Å². The lowest BCUT2D eigenvalue weighted by Crippen LogP contribution is -2.46. The molecule has 4 nitrogen and oxygen atoms in total. The first kappa shape index (κ1) is 14.3. The van der Waals surface area contributed by atoms with Crippen LogP contribution in [0.4, 0.5) is 0 Å². The second-order valence-corrected chi connectivity index (χ2v) is 6.78. The second kappa shape index (κ2) is 4.67. The molecule has 2 fully saturated rings. The van der Waals surface area contributed by atoms with E-state index in [1.165, 1.54) is 5.57 Å². The Labute approximate surface area is 120 Å². The van der Waals surface area contributed by atoms with Gasteiger partial charge < -0.3 is 9.47 Å². The van der Waals surface area contributed by atoms with Crippen LogP contribution in [0.25, 0.3) is 0 Å². The van der Waals surface area contributed by atoms with E-state index in [-0.39, 0.29) is 11.3 Å². The van der Waals surface area contributed by atoms with Crippen molar-refractivity contribution in [1.29, 1.82) is 0 Å². The maximum atomic E-state index is 8.92. The summed E-state index contributed by atoms with van der Waals surface area (Å²) in [5.41, 5.74) is 2.61. The SMILES string of the molecule is C=C1[C@@H](C)C[C@@H]2C[C@]1(C)CCC1=C[C@H](OO)O[C@]12OC. The van der Waals surface area contributed by atoms with Gasteiger partial charge in [0.25, 0.3) is 0 Å². The van der Waals surface area contributed by atoms with E-state index >= 15 is 0 Å². The van der Waals surface area contributed by atoms with Gasteiger partial charge in [0.2, 0.25) is 6.29 Å². The van der Waals surface area contributed by atoms with Gasteiger partial charge >= 0.3 is 0 Å². The maximum Gasteiger partial charge on any atom is 0.213 e. The first-order chi connectivity index (χ1) is 9.45. The highest BCUT2D eigenvalue weighted by atomic mass is 17.1. The average Bonchev–Trinajstić information content (AvgIpc) is 2.77. The van der Waals surface area contributed by atoms with Gasteiger partial charge in [0.15, 0.2) is 5.79 Å². The van der Waals surface area contributed by atoms with Gasteiger partial charge in [0.05, 0.1) is 0 Å². The summed E-state index contributed by atoms with van der Waals surface area (Å²) in [5, 5.41) is 8.92. The largest absolute Gasteiger partial charge is 0.349 e. The third-order valence-electron chi connectivity index (χ3n) is 5.67. The normalized spacial score (nSPS) is 47.7. The van der Waals surface area contributed by atoms with E-state index in [1.807, 2.05) is 6.08 Å². The maximum absolute atomic E-state index is 8.92. The van der Waals surface area contributed by atoms with Crippen LogP contribution < -0.4 is 0 Å². The Hall–Kier alpha value is -0.680. The van der Waals surface area contributed by atoms with E-state index in [0.29, 0.717) is 5.92 Å². The highest BCUT2D eigenvalue weighted by molar-refractivity contribution is 5.29. The third kappa shape index (κ3) is 1.82. The quantitative estimate of drug-likeness (QED) is 0.478. The highest BCUT2D eigenvalue weighted by Crippen LogP contribution is 2.58. The Kier molecular flexibility index (Phi) is 3.33. The van der Waals surface area contributed by atoms with E-state index in [0.717, 1.165) is 31.3 Å². The molecule has 1 heterocycles. The molecule has 2 saturated carbocycles. The van der Waals surface area contributed by atoms with Gasteiger partial charge in [0.1, 0.15) is 0 Å². The monoisotopic (exact) mass is 280 g/mol. The summed E-state index contributed by atoms with van der Waals surface area (Å²) in [5.74, 6) is -0.00477. The fraction of sp³-hybridized carbons (Fsp3) is 0.750. The first-order valence-electron chi connectivity index (χ1n) is 7.39. The molecule has 2 bridgehead atoms. The van der Waals surface area contributed by atoms with Gasteiger partial charge in [-0.1, -0.05) is 26.0 Å². The van der Waals surface area contributed by atoms with Crippen LogP contribution in [0.15, 0.2) is 23.8 Å². The fourth-order valence-corrected chi connectivity index (χ4v) is 4.46. The molecule has 5 atom stereocenters. The summed E-state index contributed by atoms with van der Waals surface area (Å²) in [6.07, 6.45) is 5.10. The number of fused-ring (bicyclic) bond motifs is 4. The average molecular weight is 280 g/mol. The van der Waals surface area contributed by atoms with Gasteiger partial charge in [-0.2, -0.15) is 0 Å². The number of hydrogen-bond donors (Lipinski definition) is 1. The van der Waals surface area contributed by atoms with Crippen LogP contribution in [-0.2, 0) is 14.4 Å². The number of hydrogen-bond acceptors (Lipinski definition) is 4. The van der Waals surface area contributed by atoms with Gasteiger partial charge in [-0.3, -0.25) is 0 Å². The molecule has 2 aliphatic carbocycles. The molecule has 3 rings (SSSR count). The van der Waals surface area contributed by atoms with Crippen molar-refractivity contribution in [3.8, 4) is 0 Å². The zero-order valence-corrected chi connectivity index (χ0v) is 12.5. The summed E-state index contributed by atoms with van der Waals surface area (Å²) in [7, 11) is 1.68. The topological polar surface area (TPSA) is 47.9 Å². The van der Waals surface area contributed by atoms with Gasteiger partial charge in [-0.15, -0.1) is 0 Å². The summed E-state index contributed by atoms with van der Waals surface area (Å²) < 4.78 is 11.7. The molecule has 0 radical (unpaired) electrons. The molecule has 20 heavy (non-hydrogen) atoms. The summed E-state index contributed by atoms with van der Waals surface area (Å²) in [6, 6.07) is 0. The Morgan fingerprint density at radius 2 is 2.25 bits per heavy atom. The summed E-state index contributed by atoms with van der Waals surface area (Å²) in [4.78, 5) is 4.39. The van der Waals surface area contributed by atoms with Crippen molar-refractivity contribution in [2.24, 2.45) is 17.3 Å². The van der Waals surface area contributed by atoms with Crippen molar-refractivity contribution < 1.29 is 19.6 Å². The van der Waals surface area contributed by atoms with Gasteiger partial charge in [-0.05, 0) is 48.7 Å². The minimum Gasteiger partial charge on any atom is -0.349 e. The predicted octanol–water partition coefficient (Wildman–Crippen LogP) is 3.50. The number of ether oxygens (including phenoxy) is 2. The van der Waals surface area contributed by atoms with Crippen LogP contribution >= 0.6 is 0 Å². The standard InChI is InChI=1S/C16H24O4/c1-10-7-13-9-15(3,11(10)2)6-5-12-8-14(20-17)19-16(12,13)18-4/h8,10,13-14,17H,2,5-7,9H2,1,3-4H3/t10-,13+,14-,15-,16+/m0/s1. The molecule has 1 aliphatic heterocycles. The second-order valence-electron chi connectivity index (χ2n) is 6.78. The lowest BCUT2D eigenvalue weighted by Gasteiger charge is -2.46. The molecule has 0 aromatic carbocycles. The molecule has 4 heteroatoms. The molecule has 112 valence electrons. The molecule has 0 aromatic rings. The molecule has 0 amide bonds. The minimum atomic E-state index is -0.736. The Morgan fingerprint density at radius 3 is 2.90 bits per heavy atom. The predicted molar refractivity (Wildman–Crippen MR) is 74.8 cm³/mol. The Balaban J connectivity index is 2.02. The molecule has 0 unspecified atom stereocenters. The van der Waals surface area contributed by atoms with E-state index in [1.54, 1.807) is 7.11 Å². The zero-order valence-electron chi connectivity index (χ0n) is 12.5. The van der Waals surface area contributed by atoms with Crippen LogP contribution in [-0.4, -0.2) is 24.4 Å². The van der Waals surface area contributed by atoms with Gasteiger partial charge in [-0.25, -0.2) is 10.1 Å². The van der Waals surface area contributed by atoms with Crippen LogP contribution in [0.2, 0.25) is 0 Å². The lowest BCUT2D eigenvalue weighted by molar-refractivity contribution is -0.372.